The molecule has 1 aromatic carbocycles. The van der Waals surface area contributed by atoms with Crippen LogP contribution in [0.3, 0.4) is 0 Å². The number of benzene rings is 1. The highest BCUT2D eigenvalue weighted by Gasteiger charge is 2.16. The summed E-state index contributed by atoms with van der Waals surface area (Å²) in [5.41, 5.74) is 9.67. The number of carboxylic acid groups (broad SMARTS) is 1. The van der Waals surface area contributed by atoms with E-state index in [1.807, 2.05) is 32.3 Å². The summed E-state index contributed by atoms with van der Waals surface area (Å²) in [6.07, 6.45) is 2.30. The van der Waals surface area contributed by atoms with E-state index < -0.39 is 5.97 Å². The number of aromatic carboxylic acids is 1. The largest absolute Gasteiger partial charge is 0.478 e. The third-order valence-electron chi connectivity index (χ3n) is 3.65. The molecule has 0 unspecified atom stereocenters. The zero-order valence-corrected chi connectivity index (χ0v) is 13.4. The van der Waals surface area contributed by atoms with E-state index in [4.69, 9.17) is 5.73 Å². The number of hydrogen-bond acceptors (Lipinski definition) is 5. The minimum Gasteiger partial charge on any atom is -0.478 e. The molecule has 0 atom stereocenters. The molecule has 0 saturated carbocycles. The number of nitrogens with zero attached hydrogens (tertiary/aromatic N) is 4. The summed E-state index contributed by atoms with van der Waals surface area (Å²) in [7, 11) is 1.81. The van der Waals surface area contributed by atoms with Gasteiger partial charge in [-0.25, -0.2) is 14.8 Å². The first kappa shape index (κ1) is 15.7. The highest BCUT2D eigenvalue weighted by molar-refractivity contribution is 5.89. The fraction of sp³-hybridized carbons (Fsp3) is 0.176. The van der Waals surface area contributed by atoms with E-state index in [-0.39, 0.29) is 11.5 Å². The number of hydrogen-bond donors (Lipinski definition) is 2. The summed E-state index contributed by atoms with van der Waals surface area (Å²) < 4.78 is 1.68. The van der Waals surface area contributed by atoms with Crippen LogP contribution in [0.5, 0.6) is 0 Å². The maximum atomic E-state index is 11.4. The average Bonchev–Trinajstić information content (AvgIpc) is 2.87. The molecule has 3 N–H and O–H groups in total. The second-order valence-corrected chi connectivity index (χ2v) is 5.57. The second kappa shape index (κ2) is 6.11. The number of nitrogen functional groups attached to an aromatic ring is 1. The summed E-state index contributed by atoms with van der Waals surface area (Å²) in [6.45, 7) is 1.84. The molecule has 0 aliphatic carbocycles. The van der Waals surface area contributed by atoms with Crippen molar-refractivity contribution in [3.63, 3.8) is 0 Å². The Morgan fingerprint density at radius 2 is 2.00 bits per heavy atom. The third-order valence-corrected chi connectivity index (χ3v) is 3.65. The van der Waals surface area contributed by atoms with Gasteiger partial charge in [0.15, 0.2) is 0 Å². The van der Waals surface area contributed by atoms with Crippen molar-refractivity contribution in [1.82, 2.24) is 19.7 Å². The van der Waals surface area contributed by atoms with Gasteiger partial charge in [-0.2, -0.15) is 5.10 Å². The second-order valence-electron chi connectivity index (χ2n) is 5.57. The first-order valence-corrected chi connectivity index (χ1v) is 7.39. The predicted octanol–water partition coefficient (Wildman–Crippen LogP) is 2.06. The maximum Gasteiger partial charge on any atom is 0.335 e. The van der Waals surface area contributed by atoms with Crippen molar-refractivity contribution in [2.24, 2.45) is 7.05 Å². The molecular weight excluding hydrogens is 306 g/mol. The number of aryl methyl sites for hydroxylation is 2. The Morgan fingerprint density at radius 1 is 1.25 bits per heavy atom. The number of rotatable bonds is 4. The molecule has 0 bridgehead atoms. The van der Waals surface area contributed by atoms with E-state index in [9.17, 15) is 9.90 Å². The fourth-order valence-electron chi connectivity index (χ4n) is 2.68. The van der Waals surface area contributed by atoms with Crippen molar-refractivity contribution in [2.45, 2.75) is 13.3 Å². The van der Waals surface area contributed by atoms with E-state index in [1.165, 1.54) is 0 Å². The van der Waals surface area contributed by atoms with Crippen LogP contribution < -0.4 is 5.73 Å². The Kier molecular flexibility index (Phi) is 3.99. The predicted molar refractivity (Wildman–Crippen MR) is 89.6 cm³/mol. The Balaban J connectivity index is 2.06. The van der Waals surface area contributed by atoms with Crippen LogP contribution in [0.1, 0.15) is 27.2 Å². The van der Waals surface area contributed by atoms with Crippen LogP contribution in [0.4, 0.5) is 5.95 Å². The highest BCUT2D eigenvalue weighted by Crippen LogP contribution is 2.24. The lowest BCUT2D eigenvalue weighted by Gasteiger charge is -2.07. The molecule has 0 aliphatic heterocycles. The molecule has 122 valence electrons. The number of aromatic nitrogens is 4. The molecular formula is C17H17N5O2. The van der Waals surface area contributed by atoms with Gasteiger partial charge in [0.2, 0.25) is 5.95 Å². The van der Waals surface area contributed by atoms with E-state index in [0.29, 0.717) is 17.8 Å². The van der Waals surface area contributed by atoms with Crippen LogP contribution >= 0.6 is 0 Å². The Hall–Kier alpha value is -3.22. The highest BCUT2D eigenvalue weighted by atomic mass is 16.4. The summed E-state index contributed by atoms with van der Waals surface area (Å²) in [5, 5.41) is 13.8. The summed E-state index contributed by atoms with van der Waals surface area (Å²) in [4.78, 5) is 19.7. The normalized spacial score (nSPS) is 10.8. The van der Waals surface area contributed by atoms with Crippen molar-refractivity contribution >= 4 is 11.9 Å². The van der Waals surface area contributed by atoms with Crippen molar-refractivity contribution in [3.8, 4) is 11.4 Å². The molecule has 0 radical (unpaired) electrons. The Morgan fingerprint density at radius 3 is 2.71 bits per heavy atom. The third kappa shape index (κ3) is 3.10. The average molecular weight is 323 g/mol. The molecule has 0 aliphatic rings. The summed E-state index contributed by atoms with van der Waals surface area (Å²) in [5.74, 6) is -0.759. The minimum absolute atomic E-state index is 0.188. The van der Waals surface area contributed by atoms with Crippen molar-refractivity contribution < 1.29 is 9.90 Å². The van der Waals surface area contributed by atoms with E-state index in [2.05, 4.69) is 15.1 Å². The fourth-order valence-corrected chi connectivity index (χ4v) is 2.68. The van der Waals surface area contributed by atoms with Crippen LogP contribution in [0.15, 0.2) is 36.5 Å². The quantitative estimate of drug-likeness (QED) is 0.761. The van der Waals surface area contributed by atoms with E-state index in [1.54, 1.807) is 22.9 Å². The van der Waals surface area contributed by atoms with Gasteiger partial charge in [-0.1, -0.05) is 18.2 Å². The van der Waals surface area contributed by atoms with Gasteiger partial charge >= 0.3 is 5.97 Å². The molecule has 0 saturated heterocycles. The number of nitrogens with two attached hydrogens (primary N) is 1. The van der Waals surface area contributed by atoms with E-state index in [0.717, 1.165) is 16.8 Å². The van der Waals surface area contributed by atoms with Gasteiger partial charge in [0.25, 0.3) is 0 Å². The first-order chi connectivity index (χ1) is 11.4. The standard InChI is InChI=1S/C17H17N5O2/c1-10-7-14(20-17(18)19-10)15-12(9-22(2)21-15)8-11-5-3-4-6-13(11)16(23)24/h3-7,9H,8H2,1-2H3,(H,23,24)(H2,18,19,20). The molecule has 3 aromatic rings. The van der Waals surface area contributed by atoms with Crippen LogP contribution in [-0.4, -0.2) is 30.8 Å². The van der Waals surface area contributed by atoms with Gasteiger partial charge in [-0.05, 0) is 24.6 Å². The van der Waals surface area contributed by atoms with Gasteiger partial charge in [0.05, 0.1) is 11.3 Å². The molecule has 7 heteroatoms. The van der Waals surface area contributed by atoms with Gasteiger partial charge in [-0.3, -0.25) is 4.68 Å². The number of anilines is 1. The van der Waals surface area contributed by atoms with E-state index >= 15 is 0 Å². The van der Waals surface area contributed by atoms with Crippen molar-refractivity contribution in [1.29, 1.82) is 0 Å². The Bertz CT molecular complexity index is 897. The van der Waals surface area contributed by atoms with Gasteiger partial charge in [-0.15, -0.1) is 0 Å². The lowest BCUT2D eigenvalue weighted by Crippen LogP contribution is -2.03. The van der Waals surface area contributed by atoms with Crippen molar-refractivity contribution in [3.05, 3.63) is 58.9 Å². The molecule has 7 nitrogen and oxygen atoms in total. The van der Waals surface area contributed by atoms with Crippen LogP contribution in [0.25, 0.3) is 11.4 Å². The topological polar surface area (TPSA) is 107 Å². The van der Waals surface area contributed by atoms with Gasteiger partial charge in [0, 0.05) is 30.9 Å². The SMILES string of the molecule is Cc1cc(-c2nn(C)cc2Cc2ccccc2C(=O)O)nc(N)n1. The van der Waals surface area contributed by atoms with Crippen molar-refractivity contribution in [2.75, 3.05) is 5.73 Å². The molecule has 2 heterocycles. The lowest BCUT2D eigenvalue weighted by atomic mass is 9.99. The molecule has 3 rings (SSSR count). The molecule has 2 aromatic heterocycles. The monoisotopic (exact) mass is 323 g/mol. The molecule has 0 spiro atoms. The lowest BCUT2D eigenvalue weighted by molar-refractivity contribution is 0.0696. The minimum atomic E-state index is -0.946. The zero-order chi connectivity index (χ0) is 17.3. The summed E-state index contributed by atoms with van der Waals surface area (Å²) in [6, 6.07) is 8.75. The number of carboxylic acids is 1. The van der Waals surface area contributed by atoms with Gasteiger partial charge in [0.1, 0.15) is 5.69 Å². The Labute approximate surface area is 138 Å². The van der Waals surface area contributed by atoms with Crippen LogP contribution in [0, 0.1) is 6.92 Å². The smallest absolute Gasteiger partial charge is 0.335 e. The first-order valence-electron chi connectivity index (χ1n) is 7.39. The van der Waals surface area contributed by atoms with Gasteiger partial charge < -0.3 is 10.8 Å². The molecule has 0 fully saturated rings. The van der Waals surface area contributed by atoms with Crippen LogP contribution in [-0.2, 0) is 13.5 Å². The molecule has 0 amide bonds. The summed E-state index contributed by atoms with van der Waals surface area (Å²) >= 11 is 0. The zero-order valence-electron chi connectivity index (χ0n) is 13.4. The number of carbonyl (C=O) groups is 1. The maximum absolute atomic E-state index is 11.4. The molecule has 24 heavy (non-hydrogen) atoms. The van der Waals surface area contributed by atoms with Crippen LogP contribution in [0.2, 0.25) is 0 Å².